The first-order valence-electron chi connectivity index (χ1n) is 12.4. The standard InChI is InChI=1S/C27H25Cl2F2N3O4/c28-20-8-7-17(9-22(20)30)38-13-25(35)32-14-1-3-15(4-2-14)33-27(37)19-12-34(16-5-6-16)24-11-21(29)23(31)10-18(24)26(19)36/h7-12,14-16H,1-6,13H2,(H,32,35)(H,33,37)/t14-,15-. The van der Waals surface area contributed by atoms with Gasteiger partial charge >= 0.3 is 0 Å². The predicted molar refractivity (Wildman–Crippen MR) is 140 cm³/mol. The molecule has 2 aromatic carbocycles. The van der Waals surface area contributed by atoms with Gasteiger partial charge in [0.05, 0.1) is 15.6 Å². The maximum atomic E-state index is 14.1. The van der Waals surface area contributed by atoms with E-state index in [0.29, 0.717) is 31.2 Å². The van der Waals surface area contributed by atoms with E-state index < -0.39 is 23.0 Å². The number of ether oxygens (including phenoxy) is 1. The molecule has 200 valence electrons. The van der Waals surface area contributed by atoms with Crippen LogP contribution in [-0.4, -0.2) is 35.1 Å². The molecule has 0 atom stereocenters. The molecule has 11 heteroatoms. The van der Waals surface area contributed by atoms with Crippen molar-refractivity contribution < 1.29 is 23.1 Å². The van der Waals surface area contributed by atoms with Gasteiger partial charge in [0.25, 0.3) is 11.8 Å². The summed E-state index contributed by atoms with van der Waals surface area (Å²) < 4.78 is 34.8. The number of halogens is 4. The van der Waals surface area contributed by atoms with Crippen LogP contribution in [0.25, 0.3) is 10.9 Å². The smallest absolute Gasteiger partial charge is 0.258 e. The second-order valence-electron chi connectivity index (χ2n) is 9.75. The van der Waals surface area contributed by atoms with Crippen LogP contribution in [0, 0.1) is 11.6 Å². The highest BCUT2D eigenvalue weighted by Gasteiger charge is 2.29. The maximum Gasteiger partial charge on any atom is 0.258 e. The van der Waals surface area contributed by atoms with Crippen LogP contribution < -0.4 is 20.8 Å². The zero-order valence-corrected chi connectivity index (χ0v) is 21.7. The van der Waals surface area contributed by atoms with Crippen molar-refractivity contribution in [3.05, 3.63) is 74.0 Å². The van der Waals surface area contributed by atoms with Gasteiger partial charge in [-0.05, 0) is 62.8 Å². The molecule has 0 aliphatic heterocycles. The van der Waals surface area contributed by atoms with Crippen LogP contribution in [0.5, 0.6) is 5.75 Å². The second-order valence-corrected chi connectivity index (χ2v) is 10.6. The third-order valence-corrected chi connectivity index (χ3v) is 7.54. The molecule has 0 radical (unpaired) electrons. The topological polar surface area (TPSA) is 89.4 Å². The zero-order valence-electron chi connectivity index (χ0n) is 20.2. The normalized spacial score (nSPS) is 19.3. The van der Waals surface area contributed by atoms with Gasteiger partial charge in [0.15, 0.2) is 6.61 Å². The minimum Gasteiger partial charge on any atom is -0.484 e. The Morgan fingerprint density at radius 1 is 0.921 bits per heavy atom. The highest BCUT2D eigenvalue weighted by atomic mass is 35.5. The van der Waals surface area contributed by atoms with Gasteiger partial charge in [0.2, 0.25) is 5.43 Å². The van der Waals surface area contributed by atoms with Crippen LogP contribution in [0.3, 0.4) is 0 Å². The summed E-state index contributed by atoms with van der Waals surface area (Å²) >= 11 is 11.6. The van der Waals surface area contributed by atoms with E-state index in [0.717, 1.165) is 25.0 Å². The van der Waals surface area contributed by atoms with Gasteiger partial charge in [0.1, 0.15) is 22.9 Å². The average molecular weight is 564 g/mol. The average Bonchev–Trinajstić information content (AvgIpc) is 3.73. The first-order chi connectivity index (χ1) is 18.2. The molecule has 0 spiro atoms. The monoisotopic (exact) mass is 563 g/mol. The Bertz CT molecular complexity index is 1470. The molecule has 38 heavy (non-hydrogen) atoms. The Balaban J connectivity index is 1.17. The molecule has 0 unspecified atom stereocenters. The van der Waals surface area contributed by atoms with Gasteiger partial charge < -0.3 is 19.9 Å². The maximum absolute atomic E-state index is 14.1. The number of hydrogen-bond donors (Lipinski definition) is 2. The molecule has 2 aliphatic carbocycles. The fourth-order valence-corrected chi connectivity index (χ4v) is 5.07. The van der Waals surface area contributed by atoms with Crippen molar-refractivity contribution in [2.75, 3.05) is 6.61 Å². The number of aromatic nitrogens is 1. The Kier molecular flexibility index (Phi) is 7.59. The summed E-state index contributed by atoms with van der Waals surface area (Å²) in [6, 6.07) is 6.35. The van der Waals surface area contributed by atoms with E-state index in [-0.39, 0.29) is 57.4 Å². The number of nitrogens with one attached hydrogen (secondary N) is 2. The van der Waals surface area contributed by atoms with E-state index in [4.69, 9.17) is 27.9 Å². The molecule has 2 saturated carbocycles. The summed E-state index contributed by atoms with van der Waals surface area (Å²) in [6.07, 6.45) is 5.82. The first-order valence-corrected chi connectivity index (χ1v) is 13.2. The van der Waals surface area contributed by atoms with Crippen molar-refractivity contribution >= 4 is 45.9 Å². The van der Waals surface area contributed by atoms with Crippen molar-refractivity contribution in [2.24, 2.45) is 0 Å². The number of fused-ring (bicyclic) bond motifs is 1. The Hall–Kier alpha value is -3.17. The lowest BCUT2D eigenvalue weighted by molar-refractivity contribution is -0.124. The molecule has 1 heterocycles. The van der Waals surface area contributed by atoms with Crippen LogP contribution in [0.4, 0.5) is 8.78 Å². The molecule has 1 aromatic heterocycles. The van der Waals surface area contributed by atoms with Crippen molar-refractivity contribution in [2.45, 2.75) is 56.7 Å². The van der Waals surface area contributed by atoms with Crippen LogP contribution >= 0.6 is 23.2 Å². The van der Waals surface area contributed by atoms with E-state index in [2.05, 4.69) is 10.6 Å². The highest BCUT2D eigenvalue weighted by Crippen LogP contribution is 2.37. The lowest BCUT2D eigenvalue weighted by Crippen LogP contribution is -2.45. The minimum atomic E-state index is -0.706. The Labute approximate surface area is 227 Å². The van der Waals surface area contributed by atoms with Gasteiger partial charge in [0, 0.05) is 35.8 Å². The van der Waals surface area contributed by atoms with Crippen molar-refractivity contribution in [1.82, 2.24) is 15.2 Å². The number of carbonyl (C=O) groups is 2. The number of benzene rings is 2. The molecule has 2 aliphatic rings. The number of pyridine rings is 1. The zero-order chi connectivity index (χ0) is 27.0. The third-order valence-electron chi connectivity index (χ3n) is 6.95. The van der Waals surface area contributed by atoms with Crippen LogP contribution in [0.1, 0.15) is 54.9 Å². The number of nitrogens with zero attached hydrogens (tertiary/aromatic N) is 1. The molecule has 7 nitrogen and oxygen atoms in total. The van der Waals surface area contributed by atoms with E-state index in [1.54, 1.807) is 6.20 Å². The Morgan fingerprint density at radius 2 is 1.58 bits per heavy atom. The molecule has 5 rings (SSSR count). The van der Waals surface area contributed by atoms with Gasteiger partial charge in [-0.2, -0.15) is 0 Å². The van der Waals surface area contributed by atoms with E-state index in [1.165, 1.54) is 18.2 Å². The summed E-state index contributed by atoms with van der Waals surface area (Å²) in [6.45, 7) is -0.265. The molecule has 0 bridgehead atoms. The highest BCUT2D eigenvalue weighted by molar-refractivity contribution is 6.31. The lowest BCUT2D eigenvalue weighted by atomic mass is 9.91. The minimum absolute atomic E-state index is 0.0290. The third kappa shape index (κ3) is 5.78. The molecule has 2 N–H and O–H groups in total. The molecule has 2 amide bonds. The lowest BCUT2D eigenvalue weighted by Gasteiger charge is -2.29. The quantitative estimate of drug-likeness (QED) is 0.415. The molecular formula is C27H25Cl2F2N3O4. The summed E-state index contributed by atoms with van der Waals surface area (Å²) in [5.74, 6) is -1.97. The van der Waals surface area contributed by atoms with E-state index >= 15 is 0 Å². The molecule has 2 fully saturated rings. The Morgan fingerprint density at radius 3 is 2.24 bits per heavy atom. The molecule has 3 aromatic rings. The number of carbonyl (C=O) groups excluding carboxylic acids is 2. The molecule has 0 saturated heterocycles. The van der Waals surface area contributed by atoms with Crippen molar-refractivity contribution in [3.63, 3.8) is 0 Å². The second kappa shape index (κ2) is 10.9. The van der Waals surface area contributed by atoms with Gasteiger partial charge in [-0.3, -0.25) is 14.4 Å². The number of rotatable bonds is 7. The number of amides is 2. The predicted octanol–water partition coefficient (Wildman–Crippen LogP) is 5.16. The fraction of sp³-hybridized carbons (Fsp3) is 0.370. The van der Waals surface area contributed by atoms with E-state index in [1.807, 2.05) is 4.57 Å². The van der Waals surface area contributed by atoms with Gasteiger partial charge in [-0.25, -0.2) is 8.78 Å². The summed E-state index contributed by atoms with van der Waals surface area (Å²) in [5, 5.41) is 5.84. The summed E-state index contributed by atoms with van der Waals surface area (Å²) in [4.78, 5) is 38.4. The van der Waals surface area contributed by atoms with Crippen LogP contribution in [0.15, 0.2) is 41.3 Å². The van der Waals surface area contributed by atoms with Gasteiger partial charge in [-0.15, -0.1) is 0 Å². The summed E-state index contributed by atoms with van der Waals surface area (Å²) in [5.41, 5.74) is -0.0503. The van der Waals surface area contributed by atoms with Gasteiger partial charge in [-0.1, -0.05) is 23.2 Å². The number of hydrogen-bond acceptors (Lipinski definition) is 4. The van der Waals surface area contributed by atoms with Crippen molar-refractivity contribution in [3.8, 4) is 5.75 Å². The SMILES string of the molecule is O=C(COc1ccc(Cl)c(F)c1)N[C@H]1CC[C@H](NC(=O)c2cn(C3CC3)c3cc(Cl)c(F)cc3c2=O)CC1. The van der Waals surface area contributed by atoms with Crippen LogP contribution in [-0.2, 0) is 4.79 Å². The fourth-order valence-electron chi connectivity index (χ4n) is 4.79. The van der Waals surface area contributed by atoms with E-state index in [9.17, 15) is 23.2 Å². The first kappa shape index (κ1) is 26.4. The van der Waals surface area contributed by atoms with Crippen LogP contribution in [0.2, 0.25) is 10.0 Å². The summed E-state index contributed by atoms with van der Waals surface area (Å²) in [7, 11) is 0. The largest absolute Gasteiger partial charge is 0.484 e. The molecular weight excluding hydrogens is 539 g/mol. The van der Waals surface area contributed by atoms with Crippen molar-refractivity contribution in [1.29, 1.82) is 0 Å².